The van der Waals surface area contributed by atoms with E-state index in [-0.39, 0.29) is 18.4 Å². The molecule has 4 nitrogen and oxygen atoms in total. The van der Waals surface area contributed by atoms with Crippen molar-refractivity contribution in [2.24, 2.45) is 5.92 Å². The number of nitrogens with zero attached hydrogens (tertiary/aromatic N) is 1. The molecule has 6 heteroatoms. The van der Waals surface area contributed by atoms with E-state index in [1.54, 1.807) is 4.90 Å². The van der Waals surface area contributed by atoms with E-state index in [1.165, 1.54) is 0 Å². The van der Waals surface area contributed by atoms with Crippen LogP contribution in [0.15, 0.2) is 0 Å². The summed E-state index contributed by atoms with van der Waals surface area (Å²) in [5, 5.41) is -0.580. The summed E-state index contributed by atoms with van der Waals surface area (Å²) < 4.78 is 22.6. The first-order valence-electron chi connectivity index (χ1n) is 6.21. The Morgan fingerprint density at radius 2 is 1.76 bits per heavy atom. The maximum absolute atomic E-state index is 12.2. The zero-order valence-corrected chi connectivity index (χ0v) is 11.3. The van der Waals surface area contributed by atoms with E-state index in [1.807, 2.05) is 0 Å². The summed E-state index contributed by atoms with van der Waals surface area (Å²) in [6, 6.07) is 0. The lowest BCUT2D eigenvalue weighted by Crippen LogP contribution is -2.46. The Kier molecular flexibility index (Phi) is 3.98. The van der Waals surface area contributed by atoms with E-state index in [0.717, 1.165) is 32.1 Å². The van der Waals surface area contributed by atoms with Crippen molar-refractivity contribution in [2.45, 2.75) is 43.8 Å². The van der Waals surface area contributed by atoms with Crippen LogP contribution < -0.4 is 0 Å². The van der Waals surface area contributed by atoms with Gasteiger partial charge >= 0.3 is 0 Å². The van der Waals surface area contributed by atoms with Gasteiger partial charge in [0.25, 0.3) is 0 Å². The van der Waals surface area contributed by atoms with Crippen LogP contribution in [0.5, 0.6) is 0 Å². The van der Waals surface area contributed by atoms with Crippen molar-refractivity contribution in [1.29, 1.82) is 0 Å². The molecule has 17 heavy (non-hydrogen) atoms. The van der Waals surface area contributed by atoms with Crippen LogP contribution in [0.3, 0.4) is 0 Å². The summed E-state index contributed by atoms with van der Waals surface area (Å²) in [6.07, 6.45) is 5.43. The summed E-state index contributed by atoms with van der Waals surface area (Å²) in [7, 11) is 1.84. The predicted molar refractivity (Wildman–Crippen MR) is 66.3 cm³/mol. The van der Waals surface area contributed by atoms with Crippen molar-refractivity contribution in [1.82, 2.24) is 4.90 Å². The van der Waals surface area contributed by atoms with Crippen molar-refractivity contribution < 1.29 is 13.2 Å². The second kappa shape index (κ2) is 5.14. The minimum Gasteiger partial charge on any atom is -0.341 e. The number of halogens is 1. The van der Waals surface area contributed by atoms with Gasteiger partial charge in [0.15, 0.2) is 0 Å². The number of piperidine rings is 1. The highest BCUT2D eigenvalue weighted by atomic mass is 35.7. The largest absolute Gasteiger partial charge is 0.341 e. The van der Waals surface area contributed by atoms with Gasteiger partial charge in [-0.05, 0) is 25.7 Å². The molecule has 1 saturated heterocycles. The van der Waals surface area contributed by atoms with Crippen LogP contribution in [0.1, 0.15) is 38.5 Å². The fraction of sp³-hybridized carbons (Fsp3) is 0.909. The minimum absolute atomic E-state index is 0.117. The minimum atomic E-state index is -3.54. The summed E-state index contributed by atoms with van der Waals surface area (Å²) in [5.41, 5.74) is 0. The Hall–Kier alpha value is -0.290. The molecular formula is C11H18ClNO3S. The molecule has 1 aliphatic carbocycles. The quantitative estimate of drug-likeness (QED) is 0.724. The van der Waals surface area contributed by atoms with Gasteiger partial charge in [-0.25, -0.2) is 8.42 Å². The van der Waals surface area contributed by atoms with Crippen LogP contribution >= 0.6 is 10.7 Å². The van der Waals surface area contributed by atoms with E-state index in [0.29, 0.717) is 13.0 Å². The first-order valence-corrected chi connectivity index (χ1v) is 8.58. The fourth-order valence-corrected chi connectivity index (χ4v) is 4.04. The SMILES string of the molecule is O=C(C1CCCC1)N1CCC[C@@H](S(=O)(=O)Cl)C1. The molecule has 1 saturated carbocycles. The van der Waals surface area contributed by atoms with E-state index in [4.69, 9.17) is 10.7 Å². The Morgan fingerprint density at radius 1 is 1.12 bits per heavy atom. The standard InChI is InChI=1S/C11H18ClNO3S/c12-17(15,16)10-6-3-7-13(8-10)11(14)9-4-1-2-5-9/h9-10H,1-8H2/t10-/m1/s1. The molecule has 1 heterocycles. The van der Waals surface area contributed by atoms with Crippen LogP contribution in [-0.2, 0) is 13.8 Å². The Labute approximate surface area is 107 Å². The highest BCUT2D eigenvalue weighted by Gasteiger charge is 2.34. The third kappa shape index (κ3) is 3.13. The molecule has 2 fully saturated rings. The average molecular weight is 280 g/mol. The molecule has 1 aliphatic heterocycles. The molecule has 0 aromatic rings. The van der Waals surface area contributed by atoms with Gasteiger partial charge in [0.2, 0.25) is 15.0 Å². The van der Waals surface area contributed by atoms with Crippen LogP contribution in [0.25, 0.3) is 0 Å². The van der Waals surface area contributed by atoms with Crippen molar-refractivity contribution >= 4 is 25.6 Å². The highest BCUT2D eigenvalue weighted by molar-refractivity contribution is 8.14. The number of hydrogen-bond donors (Lipinski definition) is 0. The molecule has 0 aromatic heterocycles. The van der Waals surface area contributed by atoms with E-state index in [2.05, 4.69) is 0 Å². The number of carbonyl (C=O) groups is 1. The molecule has 0 bridgehead atoms. The Bertz CT molecular complexity index is 390. The van der Waals surface area contributed by atoms with Gasteiger partial charge < -0.3 is 4.90 Å². The molecule has 0 aromatic carbocycles. The number of rotatable bonds is 2. The average Bonchev–Trinajstić information content (AvgIpc) is 2.80. The summed E-state index contributed by atoms with van der Waals surface area (Å²) in [4.78, 5) is 13.9. The Morgan fingerprint density at radius 3 is 2.35 bits per heavy atom. The Balaban J connectivity index is 1.99. The van der Waals surface area contributed by atoms with Gasteiger partial charge in [0.05, 0.1) is 5.25 Å². The highest BCUT2D eigenvalue weighted by Crippen LogP contribution is 2.28. The van der Waals surface area contributed by atoms with E-state index in [9.17, 15) is 13.2 Å². The third-order valence-electron chi connectivity index (χ3n) is 3.79. The van der Waals surface area contributed by atoms with Crippen molar-refractivity contribution in [2.75, 3.05) is 13.1 Å². The van der Waals surface area contributed by atoms with Gasteiger partial charge in [-0.2, -0.15) is 0 Å². The molecular weight excluding hydrogens is 262 g/mol. The van der Waals surface area contributed by atoms with Gasteiger partial charge in [-0.15, -0.1) is 0 Å². The van der Waals surface area contributed by atoms with Crippen LogP contribution in [0.2, 0.25) is 0 Å². The number of carbonyl (C=O) groups excluding carboxylic acids is 1. The summed E-state index contributed by atoms with van der Waals surface area (Å²) >= 11 is 0. The van der Waals surface area contributed by atoms with Gasteiger partial charge in [-0.1, -0.05) is 12.8 Å². The number of amides is 1. The van der Waals surface area contributed by atoms with Gasteiger partial charge in [-0.3, -0.25) is 4.79 Å². The number of hydrogen-bond acceptors (Lipinski definition) is 3. The first kappa shape index (κ1) is 13.1. The van der Waals surface area contributed by atoms with E-state index < -0.39 is 14.3 Å². The van der Waals surface area contributed by atoms with Crippen LogP contribution in [-0.4, -0.2) is 37.6 Å². The smallest absolute Gasteiger partial charge is 0.237 e. The normalized spacial score (nSPS) is 27.4. The van der Waals surface area contributed by atoms with Gasteiger partial charge in [0.1, 0.15) is 0 Å². The van der Waals surface area contributed by atoms with Crippen LogP contribution in [0, 0.1) is 5.92 Å². The first-order chi connectivity index (χ1) is 7.98. The monoisotopic (exact) mass is 279 g/mol. The molecule has 0 radical (unpaired) electrons. The van der Waals surface area contributed by atoms with Crippen molar-refractivity contribution in [3.8, 4) is 0 Å². The zero-order chi connectivity index (χ0) is 12.5. The second-order valence-corrected chi connectivity index (χ2v) is 7.91. The lowest BCUT2D eigenvalue weighted by Gasteiger charge is -2.32. The second-order valence-electron chi connectivity index (χ2n) is 5.01. The summed E-state index contributed by atoms with van der Waals surface area (Å²) in [6.45, 7) is 0.958. The number of likely N-dealkylation sites (tertiary alicyclic amines) is 1. The molecule has 2 aliphatic rings. The molecule has 98 valence electrons. The maximum atomic E-state index is 12.2. The molecule has 2 rings (SSSR count). The molecule has 0 N–H and O–H groups in total. The fourth-order valence-electron chi connectivity index (χ4n) is 2.80. The predicted octanol–water partition coefficient (Wildman–Crippen LogP) is 1.74. The van der Waals surface area contributed by atoms with E-state index >= 15 is 0 Å². The molecule has 1 atom stereocenters. The van der Waals surface area contributed by atoms with Gasteiger partial charge in [0, 0.05) is 29.7 Å². The van der Waals surface area contributed by atoms with Crippen LogP contribution in [0.4, 0.5) is 0 Å². The molecule has 0 unspecified atom stereocenters. The lowest BCUT2D eigenvalue weighted by atomic mass is 10.0. The van der Waals surface area contributed by atoms with Crippen molar-refractivity contribution in [3.63, 3.8) is 0 Å². The molecule has 1 amide bonds. The molecule has 0 spiro atoms. The third-order valence-corrected chi connectivity index (χ3v) is 5.73. The lowest BCUT2D eigenvalue weighted by molar-refractivity contribution is -0.136. The summed E-state index contributed by atoms with van der Waals surface area (Å²) in [5.74, 6) is 0.249. The topological polar surface area (TPSA) is 54.5 Å². The van der Waals surface area contributed by atoms with Crippen molar-refractivity contribution in [3.05, 3.63) is 0 Å². The zero-order valence-electron chi connectivity index (χ0n) is 9.77. The maximum Gasteiger partial charge on any atom is 0.237 e.